The predicted octanol–water partition coefficient (Wildman–Crippen LogP) is 4.08. The second-order valence-electron chi connectivity index (χ2n) is 3.05. The maximum Gasteiger partial charge on any atom is 0.573 e. The molecule has 0 aliphatic carbocycles. The lowest BCUT2D eigenvalue weighted by Crippen LogP contribution is -2.21. The van der Waals surface area contributed by atoms with Crippen molar-refractivity contribution in [2.45, 2.75) is 19.0 Å². The van der Waals surface area contributed by atoms with Crippen LogP contribution in [0.2, 0.25) is 0 Å². The number of pyridine rings is 1. The van der Waals surface area contributed by atoms with Crippen LogP contribution in [0.3, 0.4) is 0 Å². The Hall–Kier alpha value is -1.68. The number of ether oxygens (including phenoxy) is 1. The minimum Gasteiger partial charge on any atom is -0.404 e. The monoisotopic (exact) mass is 299 g/mol. The van der Waals surface area contributed by atoms with Crippen LogP contribution >= 0.6 is 0 Å². The third-order valence-corrected chi connectivity index (χ3v) is 1.76. The fourth-order valence-electron chi connectivity index (χ4n) is 1.18. The van der Waals surface area contributed by atoms with Gasteiger partial charge in [0.1, 0.15) is 5.56 Å². The first kappa shape index (κ1) is 15.4. The molecule has 2 nitrogen and oxygen atoms in total. The minimum absolute atomic E-state index is 0.195. The van der Waals surface area contributed by atoms with E-state index in [9.17, 15) is 39.5 Å². The number of halogens is 9. The third kappa shape index (κ3) is 3.64. The normalized spacial score (nSPS) is 12.9. The Bertz CT molecular complexity index is 465. The van der Waals surface area contributed by atoms with Crippen molar-refractivity contribution in [3.8, 4) is 5.75 Å². The van der Waals surface area contributed by atoms with Crippen LogP contribution in [0.15, 0.2) is 6.20 Å². The largest absolute Gasteiger partial charge is 0.573 e. The Morgan fingerprint density at radius 2 is 1.58 bits per heavy atom. The first-order chi connectivity index (χ1) is 8.43. The molecule has 0 atom stereocenters. The summed E-state index contributed by atoms with van der Waals surface area (Å²) in [6.07, 6.45) is -15.4. The predicted molar refractivity (Wildman–Crippen MR) is 40.8 cm³/mol. The Balaban J connectivity index is 3.51. The van der Waals surface area contributed by atoms with Gasteiger partial charge in [-0.1, -0.05) is 0 Å². The van der Waals surface area contributed by atoms with Crippen molar-refractivity contribution in [1.29, 1.82) is 0 Å². The van der Waals surface area contributed by atoms with E-state index in [4.69, 9.17) is 0 Å². The van der Waals surface area contributed by atoms with Crippen molar-refractivity contribution in [3.63, 3.8) is 0 Å². The van der Waals surface area contributed by atoms with E-state index in [2.05, 4.69) is 9.72 Å². The van der Waals surface area contributed by atoms with Gasteiger partial charge in [-0.25, -0.2) is 13.8 Å². The quantitative estimate of drug-likeness (QED) is 0.606. The molecule has 0 N–H and O–H groups in total. The highest BCUT2D eigenvalue weighted by atomic mass is 19.4. The van der Waals surface area contributed by atoms with Gasteiger partial charge in [0, 0.05) is 0 Å². The lowest BCUT2D eigenvalue weighted by Gasteiger charge is -2.17. The van der Waals surface area contributed by atoms with Gasteiger partial charge in [0.05, 0.1) is 11.8 Å². The van der Waals surface area contributed by atoms with Gasteiger partial charge < -0.3 is 4.74 Å². The van der Waals surface area contributed by atoms with Gasteiger partial charge in [-0.15, -0.1) is 13.2 Å². The average Bonchev–Trinajstić information content (AvgIpc) is 2.15. The maximum absolute atomic E-state index is 12.8. The molecular weight excluding hydrogens is 297 g/mol. The van der Waals surface area contributed by atoms with Gasteiger partial charge in [0.2, 0.25) is 5.95 Å². The number of alkyl halides is 8. The van der Waals surface area contributed by atoms with Gasteiger partial charge in [0.15, 0.2) is 5.75 Å². The minimum atomic E-state index is -5.65. The molecule has 11 heteroatoms. The number of aromatic nitrogens is 1. The number of rotatable bonds is 2. The van der Waals surface area contributed by atoms with Crippen LogP contribution in [-0.2, 0) is 6.18 Å². The first-order valence-electron chi connectivity index (χ1n) is 4.23. The van der Waals surface area contributed by atoms with E-state index in [0.717, 1.165) is 0 Å². The number of hydrogen-bond acceptors (Lipinski definition) is 2. The van der Waals surface area contributed by atoms with E-state index in [1.807, 2.05) is 0 Å². The lowest BCUT2D eigenvalue weighted by molar-refractivity contribution is -0.275. The smallest absolute Gasteiger partial charge is 0.404 e. The van der Waals surface area contributed by atoms with Crippen LogP contribution in [-0.4, -0.2) is 11.3 Å². The summed E-state index contributed by atoms with van der Waals surface area (Å²) in [5, 5.41) is 0. The molecule has 0 aliphatic heterocycles. The molecule has 0 saturated carbocycles. The highest BCUT2D eigenvalue weighted by molar-refractivity contribution is 5.40. The van der Waals surface area contributed by atoms with Gasteiger partial charge in [-0.3, -0.25) is 0 Å². The van der Waals surface area contributed by atoms with Crippen molar-refractivity contribution < 1.29 is 44.3 Å². The summed E-state index contributed by atoms with van der Waals surface area (Å²) in [7, 11) is 0. The van der Waals surface area contributed by atoms with E-state index in [1.54, 1.807) is 0 Å². The number of nitrogens with zero attached hydrogens (tertiary/aromatic N) is 1. The Morgan fingerprint density at radius 3 is 1.95 bits per heavy atom. The van der Waals surface area contributed by atoms with Gasteiger partial charge >= 0.3 is 12.5 Å². The topological polar surface area (TPSA) is 22.1 Å². The molecule has 0 aromatic carbocycles. The van der Waals surface area contributed by atoms with Gasteiger partial charge in [-0.2, -0.15) is 17.6 Å². The molecule has 1 aromatic heterocycles. The fraction of sp³-hybridized carbons (Fsp3) is 0.375. The molecule has 1 rings (SSSR count). The summed E-state index contributed by atoms with van der Waals surface area (Å²) in [5.41, 5.74) is -4.85. The van der Waals surface area contributed by atoms with Crippen LogP contribution in [0.4, 0.5) is 39.5 Å². The summed E-state index contributed by atoms with van der Waals surface area (Å²) in [5.74, 6) is -4.27. The lowest BCUT2D eigenvalue weighted by atomic mass is 10.1. The molecule has 19 heavy (non-hydrogen) atoms. The summed E-state index contributed by atoms with van der Waals surface area (Å²) in [6.45, 7) is 0. The fourth-order valence-corrected chi connectivity index (χ4v) is 1.18. The standard InChI is InChI=1S/C8H2F9NO/c9-5(10)3-2(19-8(15,16)17)1-18-6(11)4(3)7(12,13)14/h1,5H. The first-order valence-corrected chi connectivity index (χ1v) is 4.23. The molecule has 0 aliphatic rings. The van der Waals surface area contributed by atoms with Crippen molar-refractivity contribution in [1.82, 2.24) is 4.98 Å². The van der Waals surface area contributed by atoms with Crippen LogP contribution < -0.4 is 4.74 Å². The van der Waals surface area contributed by atoms with Crippen LogP contribution in [0.1, 0.15) is 17.6 Å². The molecule has 1 aromatic rings. The molecule has 0 bridgehead atoms. The second kappa shape index (κ2) is 4.78. The van der Waals surface area contributed by atoms with Crippen molar-refractivity contribution in [2.75, 3.05) is 0 Å². The Morgan fingerprint density at radius 1 is 1.05 bits per heavy atom. The summed E-state index contributed by atoms with van der Waals surface area (Å²) in [6, 6.07) is 0. The molecule has 0 spiro atoms. The zero-order valence-corrected chi connectivity index (χ0v) is 8.41. The zero-order valence-electron chi connectivity index (χ0n) is 8.41. The Kier molecular flexibility index (Phi) is 3.87. The van der Waals surface area contributed by atoms with Crippen molar-refractivity contribution in [2.24, 2.45) is 0 Å². The van der Waals surface area contributed by atoms with Crippen molar-refractivity contribution in [3.05, 3.63) is 23.3 Å². The molecule has 0 radical (unpaired) electrons. The number of hydrogen-bond donors (Lipinski definition) is 0. The van der Waals surface area contributed by atoms with E-state index in [1.165, 1.54) is 0 Å². The van der Waals surface area contributed by atoms with Gasteiger partial charge in [-0.05, 0) is 0 Å². The van der Waals surface area contributed by atoms with E-state index in [0.29, 0.717) is 0 Å². The maximum atomic E-state index is 12.8. The molecule has 0 saturated heterocycles. The Labute approximate surface area is 98.3 Å². The van der Waals surface area contributed by atoms with E-state index < -0.39 is 41.8 Å². The second-order valence-corrected chi connectivity index (χ2v) is 3.05. The summed E-state index contributed by atoms with van der Waals surface area (Å²) in [4.78, 5) is 2.33. The van der Waals surface area contributed by atoms with Crippen LogP contribution in [0.5, 0.6) is 5.75 Å². The van der Waals surface area contributed by atoms with Crippen LogP contribution in [0.25, 0.3) is 0 Å². The summed E-state index contributed by atoms with van der Waals surface area (Å²) >= 11 is 0. The average molecular weight is 299 g/mol. The molecular formula is C8H2F9NO. The highest BCUT2D eigenvalue weighted by Crippen LogP contribution is 2.42. The third-order valence-electron chi connectivity index (χ3n) is 1.76. The molecule has 0 unspecified atom stereocenters. The SMILES string of the molecule is Fc1ncc(OC(F)(F)F)c(C(F)F)c1C(F)(F)F. The van der Waals surface area contributed by atoms with Crippen LogP contribution in [0, 0.1) is 5.95 Å². The highest BCUT2D eigenvalue weighted by Gasteiger charge is 2.43. The van der Waals surface area contributed by atoms with Gasteiger partial charge in [0.25, 0.3) is 6.43 Å². The molecule has 0 fully saturated rings. The van der Waals surface area contributed by atoms with E-state index in [-0.39, 0.29) is 6.20 Å². The molecule has 108 valence electrons. The summed E-state index contributed by atoms with van der Waals surface area (Å²) < 4.78 is 113. The molecule has 1 heterocycles. The van der Waals surface area contributed by atoms with Crippen molar-refractivity contribution >= 4 is 0 Å². The zero-order chi connectivity index (χ0) is 15.0. The van der Waals surface area contributed by atoms with E-state index >= 15 is 0 Å². The molecule has 0 amide bonds.